The molecule has 2 rings (SSSR count). The molecule has 1 amide bonds. The molecule has 0 aliphatic carbocycles. The highest BCUT2D eigenvalue weighted by Crippen LogP contribution is 2.18. The fourth-order valence-corrected chi connectivity index (χ4v) is 1.72. The van der Waals surface area contributed by atoms with Gasteiger partial charge in [0, 0.05) is 17.2 Å². The summed E-state index contributed by atoms with van der Waals surface area (Å²) in [4.78, 5) is 11.9. The van der Waals surface area contributed by atoms with Crippen LogP contribution in [0.1, 0.15) is 37.8 Å². The summed E-state index contributed by atoms with van der Waals surface area (Å²) in [5.74, 6) is 0.757. The molecule has 2 aromatic heterocycles. The molecule has 0 spiro atoms. The zero-order valence-corrected chi connectivity index (χ0v) is 12.5. The molecule has 20 heavy (non-hydrogen) atoms. The molecule has 0 fully saturated rings. The van der Waals surface area contributed by atoms with Gasteiger partial charge in [0.05, 0.1) is 24.1 Å². The van der Waals surface area contributed by atoms with E-state index in [1.807, 2.05) is 34.6 Å². The number of carbonyl (C=O) groups excluding carboxylic acids is 1. The number of nitrogens with zero attached hydrogens (tertiary/aromatic N) is 3. The first-order chi connectivity index (χ1) is 9.27. The number of carbonyl (C=O) groups is 1. The minimum absolute atomic E-state index is 0.0330. The molecule has 2 aromatic rings. The Bertz CT molecular complexity index is 600. The number of hydrogen-bond acceptors (Lipinski definition) is 4. The standard InChI is InChI=1S/C14H20N4O2/c1-9-12(10(2)20-17-9)8-18-7-11(6-15-18)16-13(19)14(3,4)5/h6-7H,8H2,1-5H3,(H,16,19). The monoisotopic (exact) mass is 276 g/mol. The Morgan fingerprint density at radius 1 is 1.40 bits per heavy atom. The molecule has 0 bridgehead atoms. The van der Waals surface area contributed by atoms with E-state index in [9.17, 15) is 4.79 Å². The predicted octanol–water partition coefficient (Wildman–Crippen LogP) is 2.52. The van der Waals surface area contributed by atoms with Gasteiger partial charge < -0.3 is 9.84 Å². The van der Waals surface area contributed by atoms with Crippen molar-refractivity contribution in [3.8, 4) is 0 Å². The van der Waals surface area contributed by atoms with Gasteiger partial charge in [0.15, 0.2) is 0 Å². The lowest BCUT2D eigenvalue weighted by atomic mass is 9.96. The Labute approximate surface area is 118 Å². The summed E-state index contributed by atoms with van der Waals surface area (Å²) in [6, 6.07) is 0. The number of aryl methyl sites for hydroxylation is 2. The average molecular weight is 276 g/mol. The molecule has 0 atom stereocenters. The highest BCUT2D eigenvalue weighted by molar-refractivity contribution is 5.94. The van der Waals surface area contributed by atoms with E-state index >= 15 is 0 Å². The molecule has 6 heteroatoms. The van der Waals surface area contributed by atoms with Crippen molar-refractivity contribution in [2.24, 2.45) is 5.41 Å². The highest BCUT2D eigenvalue weighted by Gasteiger charge is 2.21. The molecular weight excluding hydrogens is 256 g/mol. The number of amides is 1. The Hall–Kier alpha value is -2.11. The van der Waals surface area contributed by atoms with Crippen LogP contribution in [-0.2, 0) is 11.3 Å². The van der Waals surface area contributed by atoms with E-state index in [4.69, 9.17) is 4.52 Å². The van der Waals surface area contributed by atoms with Crippen molar-refractivity contribution in [2.45, 2.75) is 41.2 Å². The van der Waals surface area contributed by atoms with Crippen molar-refractivity contribution in [3.05, 3.63) is 29.4 Å². The van der Waals surface area contributed by atoms with Crippen molar-refractivity contribution in [1.82, 2.24) is 14.9 Å². The summed E-state index contributed by atoms with van der Waals surface area (Å²) in [5.41, 5.74) is 2.14. The molecule has 0 aliphatic rings. The van der Waals surface area contributed by atoms with Gasteiger partial charge in [0.25, 0.3) is 0 Å². The summed E-state index contributed by atoms with van der Waals surface area (Å²) in [6.45, 7) is 9.97. The highest BCUT2D eigenvalue weighted by atomic mass is 16.5. The van der Waals surface area contributed by atoms with Gasteiger partial charge in [-0.1, -0.05) is 25.9 Å². The summed E-state index contributed by atoms with van der Waals surface area (Å²) in [6.07, 6.45) is 3.44. The van der Waals surface area contributed by atoms with E-state index in [0.29, 0.717) is 12.2 Å². The van der Waals surface area contributed by atoms with E-state index < -0.39 is 5.41 Å². The topological polar surface area (TPSA) is 73.0 Å². The lowest BCUT2D eigenvalue weighted by Gasteiger charge is -2.16. The second-order valence-electron chi connectivity index (χ2n) is 5.93. The van der Waals surface area contributed by atoms with Crippen molar-refractivity contribution < 1.29 is 9.32 Å². The van der Waals surface area contributed by atoms with Gasteiger partial charge in [-0.3, -0.25) is 9.48 Å². The van der Waals surface area contributed by atoms with E-state index in [1.54, 1.807) is 17.1 Å². The van der Waals surface area contributed by atoms with Crippen LogP contribution in [0.15, 0.2) is 16.9 Å². The van der Waals surface area contributed by atoms with Crippen molar-refractivity contribution in [1.29, 1.82) is 0 Å². The fraction of sp³-hybridized carbons (Fsp3) is 0.500. The van der Waals surface area contributed by atoms with Crippen LogP contribution in [0.5, 0.6) is 0 Å². The first-order valence-corrected chi connectivity index (χ1v) is 6.53. The van der Waals surface area contributed by atoms with Crippen molar-refractivity contribution in [2.75, 3.05) is 5.32 Å². The minimum Gasteiger partial charge on any atom is -0.361 e. The second kappa shape index (κ2) is 5.11. The normalized spacial score (nSPS) is 11.7. The number of rotatable bonds is 3. The van der Waals surface area contributed by atoms with Crippen LogP contribution in [0.25, 0.3) is 0 Å². The van der Waals surface area contributed by atoms with Crippen molar-refractivity contribution >= 4 is 11.6 Å². The van der Waals surface area contributed by atoms with E-state index in [2.05, 4.69) is 15.6 Å². The second-order valence-corrected chi connectivity index (χ2v) is 5.93. The summed E-state index contributed by atoms with van der Waals surface area (Å²) in [5, 5.41) is 11.0. The zero-order valence-electron chi connectivity index (χ0n) is 12.5. The molecule has 0 saturated heterocycles. The maximum Gasteiger partial charge on any atom is 0.229 e. The minimum atomic E-state index is -0.427. The molecule has 0 aliphatic heterocycles. The SMILES string of the molecule is Cc1noc(C)c1Cn1cc(NC(=O)C(C)(C)C)cn1. The largest absolute Gasteiger partial charge is 0.361 e. The van der Waals surface area contributed by atoms with Crippen LogP contribution in [0.4, 0.5) is 5.69 Å². The summed E-state index contributed by atoms with van der Waals surface area (Å²) < 4.78 is 6.88. The Morgan fingerprint density at radius 2 is 2.10 bits per heavy atom. The van der Waals surface area contributed by atoms with Crippen LogP contribution in [0.3, 0.4) is 0 Å². The molecule has 108 valence electrons. The third-order valence-electron chi connectivity index (χ3n) is 3.07. The van der Waals surface area contributed by atoms with E-state index in [0.717, 1.165) is 17.0 Å². The number of hydrogen-bond donors (Lipinski definition) is 1. The quantitative estimate of drug-likeness (QED) is 0.935. The molecule has 1 N–H and O–H groups in total. The molecule has 2 heterocycles. The third-order valence-corrected chi connectivity index (χ3v) is 3.07. The molecule has 0 unspecified atom stereocenters. The smallest absolute Gasteiger partial charge is 0.229 e. The molecule has 0 radical (unpaired) electrons. The fourth-order valence-electron chi connectivity index (χ4n) is 1.72. The number of nitrogens with one attached hydrogen (secondary N) is 1. The third kappa shape index (κ3) is 3.07. The lowest BCUT2D eigenvalue weighted by molar-refractivity contribution is -0.123. The Kier molecular flexibility index (Phi) is 3.65. The molecular formula is C14H20N4O2. The summed E-state index contributed by atoms with van der Waals surface area (Å²) >= 11 is 0. The van der Waals surface area contributed by atoms with Gasteiger partial charge in [-0.15, -0.1) is 0 Å². The predicted molar refractivity (Wildman–Crippen MR) is 75.4 cm³/mol. The van der Waals surface area contributed by atoms with E-state index in [-0.39, 0.29) is 5.91 Å². The van der Waals surface area contributed by atoms with Gasteiger partial charge in [-0.25, -0.2) is 0 Å². The van der Waals surface area contributed by atoms with Gasteiger partial charge in [0.1, 0.15) is 5.76 Å². The molecule has 0 saturated carbocycles. The molecule has 0 aromatic carbocycles. The average Bonchev–Trinajstić information content (AvgIpc) is 2.90. The number of anilines is 1. The first-order valence-electron chi connectivity index (χ1n) is 6.53. The Morgan fingerprint density at radius 3 is 2.65 bits per heavy atom. The van der Waals surface area contributed by atoms with Crippen LogP contribution in [-0.4, -0.2) is 20.8 Å². The Balaban J connectivity index is 2.08. The van der Waals surface area contributed by atoms with Crippen LogP contribution in [0.2, 0.25) is 0 Å². The first kappa shape index (κ1) is 14.3. The van der Waals surface area contributed by atoms with Gasteiger partial charge >= 0.3 is 0 Å². The lowest BCUT2D eigenvalue weighted by Crippen LogP contribution is -2.27. The zero-order chi connectivity index (χ0) is 14.9. The van der Waals surface area contributed by atoms with Crippen LogP contribution < -0.4 is 5.32 Å². The van der Waals surface area contributed by atoms with Crippen LogP contribution >= 0.6 is 0 Å². The number of aromatic nitrogens is 3. The van der Waals surface area contributed by atoms with E-state index in [1.165, 1.54) is 0 Å². The van der Waals surface area contributed by atoms with Gasteiger partial charge in [0.2, 0.25) is 5.91 Å². The maximum absolute atomic E-state index is 11.9. The van der Waals surface area contributed by atoms with Gasteiger partial charge in [-0.2, -0.15) is 5.10 Å². The summed E-state index contributed by atoms with van der Waals surface area (Å²) in [7, 11) is 0. The molecule has 6 nitrogen and oxygen atoms in total. The van der Waals surface area contributed by atoms with Crippen molar-refractivity contribution in [3.63, 3.8) is 0 Å². The van der Waals surface area contributed by atoms with Gasteiger partial charge in [-0.05, 0) is 13.8 Å². The maximum atomic E-state index is 11.9. The van der Waals surface area contributed by atoms with Crippen LogP contribution in [0, 0.1) is 19.3 Å².